The van der Waals surface area contributed by atoms with E-state index < -0.39 is 11.5 Å². The van der Waals surface area contributed by atoms with Crippen LogP contribution in [0, 0.1) is 13.8 Å². The van der Waals surface area contributed by atoms with Gasteiger partial charge in [0, 0.05) is 5.69 Å². The molecule has 1 aromatic carbocycles. The summed E-state index contributed by atoms with van der Waals surface area (Å²) in [5, 5.41) is 12.1. The van der Waals surface area contributed by atoms with Crippen LogP contribution in [0.25, 0.3) is 0 Å². The molecule has 0 bridgehead atoms. The van der Waals surface area contributed by atoms with E-state index >= 15 is 0 Å². The first-order valence-electron chi connectivity index (χ1n) is 4.92. The van der Waals surface area contributed by atoms with Gasteiger partial charge in [-0.05, 0) is 51.0 Å². The lowest BCUT2D eigenvalue weighted by molar-refractivity contribution is -0.130. The van der Waals surface area contributed by atoms with Crippen molar-refractivity contribution in [3.8, 4) is 0 Å². The fourth-order valence-electron chi connectivity index (χ4n) is 1.10. The number of rotatable bonds is 2. The van der Waals surface area contributed by atoms with E-state index in [1.165, 1.54) is 19.4 Å². The van der Waals surface area contributed by atoms with Crippen LogP contribution < -0.4 is 5.32 Å². The third kappa shape index (κ3) is 3.06. The first-order valence-corrected chi connectivity index (χ1v) is 4.92. The number of hydrogen-bond donors (Lipinski definition) is 2. The number of anilines is 1. The molecule has 3 nitrogen and oxygen atoms in total. The molecule has 3 heteroatoms. The summed E-state index contributed by atoms with van der Waals surface area (Å²) < 4.78 is 0. The van der Waals surface area contributed by atoms with E-state index in [0.29, 0.717) is 5.69 Å². The Labute approximate surface area is 90.1 Å². The number of nitrogens with one attached hydrogen (secondary N) is 1. The maximum Gasteiger partial charge on any atom is 0.255 e. The van der Waals surface area contributed by atoms with Crippen molar-refractivity contribution < 1.29 is 9.90 Å². The van der Waals surface area contributed by atoms with Gasteiger partial charge >= 0.3 is 0 Å². The average molecular weight is 207 g/mol. The van der Waals surface area contributed by atoms with Crippen molar-refractivity contribution >= 4 is 11.6 Å². The van der Waals surface area contributed by atoms with Crippen LogP contribution >= 0.6 is 0 Å². The smallest absolute Gasteiger partial charge is 0.255 e. The molecule has 0 aliphatic heterocycles. The molecule has 0 fully saturated rings. The summed E-state index contributed by atoms with van der Waals surface area (Å²) >= 11 is 0. The van der Waals surface area contributed by atoms with Gasteiger partial charge in [0.15, 0.2) is 0 Å². The van der Waals surface area contributed by atoms with E-state index in [-0.39, 0.29) is 0 Å². The molecule has 0 heterocycles. The van der Waals surface area contributed by atoms with E-state index in [1.807, 2.05) is 32.0 Å². The van der Waals surface area contributed by atoms with E-state index in [4.69, 9.17) is 0 Å². The summed E-state index contributed by atoms with van der Waals surface area (Å²) in [5.74, 6) is -0.397. The number of carbonyl (C=O) groups is 1. The summed E-state index contributed by atoms with van der Waals surface area (Å²) in [4.78, 5) is 11.5. The fourth-order valence-corrected chi connectivity index (χ4v) is 1.10. The van der Waals surface area contributed by atoms with Crippen molar-refractivity contribution in [3.63, 3.8) is 0 Å². The van der Waals surface area contributed by atoms with E-state index in [9.17, 15) is 9.90 Å². The normalized spacial score (nSPS) is 11.3. The summed E-state index contributed by atoms with van der Waals surface area (Å²) in [6.45, 7) is 6.92. The van der Waals surface area contributed by atoms with Gasteiger partial charge in [0.25, 0.3) is 5.91 Å². The first kappa shape index (κ1) is 11.7. The number of hydrogen-bond acceptors (Lipinski definition) is 2. The fraction of sp³-hybridized carbons (Fsp3) is 0.417. The zero-order valence-corrected chi connectivity index (χ0v) is 9.59. The lowest BCUT2D eigenvalue weighted by Crippen LogP contribution is -2.36. The molecule has 0 spiro atoms. The molecular weight excluding hydrogens is 190 g/mol. The monoisotopic (exact) mass is 207 g/mol. The number of amides is 1. The predicted molar refractivity (Wildman–Crippen MR) is 60.8 cm³/mol. The number of aliphatic hydroxyl groups is 1. The second kappa shape index (κ2) is 4.03. The van der Waals surface area contributed by atoms with E-state index in [0.717, 1.165) is 5.56 Å². The molecule has 1 amide bonds. The number of aryl methyl sites for hydroxylation is 2. The Kier molecular flexibility index (Phi) is 3.15. The Morgan fingerprint density at radius 2 is 1.87 bits per heavy atom. The van der Waals surface area contributed by atoms with E-state index in [1.54, 1.807) is 0 Å². The highest BCUT2D eigenvalue weighted by Gasteiger charge is 2.23. The minimum absolute atomic E-state index is 0.397. The van der Waals surface area contributed by atoms with Gasteiger partial charge in [0.1, 0.15) is 5.60 Å². The number of carbonyl (C=O) groups excluding carboxylic acids is 1. The average Bonchev–Trinajstić information content (AvgIpc) is 2.10. The molecule has 1 rings (SSSR count). The van der Waals surface area contributed by atoms with Crippen molar-refractivity contribution in [1.82, 2.24) is 0 Å². The van der Waals surface area contributed by atoms with Crippen LogP contribution in [0.15, 0.2) is 18.2 Å². The molecule has 0 aliphatic carbocycles. The van der Waals surface area contributed by atoms with Crippen molar-refractivity contribution in [1.29, 1.82) is 0 Å². The Balaban J connectivity index is 2.83. The molecule has 0 radical (unpaired) electrons. The van der Waals surface area contributed by atoms with Gasteiger partial charge in [-0.15, -0.1) is 0 Å². The van der Waals surface area contributed by atoms with Crippen molar-refractivity contribution in [2.75, 3.05) is 5.32 Å². The largest absolute Gasteiger partial charge is 0.381 e. The molecule has 1 aromatic rings. The Morgan fingerprint density at radius 1 is 1.27 bits per heavy atom. The molecule has 0 saturated carbocycles. The maximum atomic E-state index is 11.5. The van der Waals surface area contributed by atoms with Crippen LogP contribution in [0.4, 0.5) is 5.69 Å². The molecule has 0 saturated heterocycles. The maximum absolute atomic E-state index is 11.5. The third-order valence-corrected chi connectivity index (χ3v) is 2.32. The Hall–Kier alpha value is -1.35. The van der Waals surface area contributed by atoms with Crippen molar-refractivity contribution in [3.05, 3.63) is 29.3 Å². The van der Waals surface area contributed by atoms with Gasteiger partial charge in [-0.1, -0.05) is 6.07 Å². The SMILES string of the molecule is Cc1ccc(NC(=O)C(C)(C)O)cc1C. The van der Waals surface area contributed by atoms with Gasteiger partial charge in [0.05, 0.1) is 0 Å². The van der Waals surface area contributed by atoms with Crippen LogP contribution in [0.3, 0.4) is 0 Å². The number of benzene rings is 1. The summed E-state index contributed by atoms with van der Waals surface area (Å²) in [6, 6.07) is 5.65. The molecule has 0 aliphatic rings. The Bertz CT molecular complexity index is 378. The minimum atomic E-state index is -1.35. The van der Waals surface area contributed by atoms with Gasteiger partial charge < -0.3 is 10.4 Å². The quantitative estimate of drug-likeness (QED) is 0.779. The standard InChI is InChI=1S/C12H17NO2/c1-8-5-6-10(7-9(8)2)13-11(14)12(3,4)15/h5-7,15H,1-4H3,(H,13,14). The van der Waals surface area contributed by atoms with Crippen molar-refractivity contribution in [2.24, 2.45) is 0 Å². The summed E-state index contributed by atoms with van der Waals surface area (Å²) in [6.07, 6.45) is 0. The highest BCUT2D eigenvalue weighted by atomic mass is 16.3. The summed E-state index contributed by atoms with van der Waals surface area (Å²) in [5.41, 5.74) is 1.66. The van der Waals surface area contributed by atoms with Crippen LogP contribution in [0.5, 0.6) is 0 Å². The molecule has 0 aromatic heterocycles. The van der Waals surface area contributed by atoms with Crippen LogP contribution in [0.1, 0.15) is 25.0 Å². The second-order valence-corrected chi connectivity index (χ2v) is 4.31. The molecule has 0 atom stereocenters. The van der Waals surface area contributed by atoms with E-state index in [2.05, 4.69) is 5.32 Å². The molecule has 0 unspecified atom stereocenters. The molecular formula is C12H17NO2. The van der Waals surface area contributed by atoms with Crippen LogP contribution in [-0.2, 0) is 4.79 Å². The first-order chi connectivity index (χ1) is 6.80. The zero-order chi connectivity index (χ0) is 11.6. The van der Waals surface area contributed by atoms with Crippen LogP contribution in [-0.4, -0.2) is 16.6 Å². The summed E-state index contributed by atoms with van der Waals surface area (Å²) in [7, 11) is 0. The highest BCUT2D eigenvalue weighted by molar-refractivity contribution is 5.96. The molecule has 82 valence electrons. The molecule has 15 heavy (non-hydrogen) atoms. The highest BCUT2D eigenvalue weighted by Crippen LogP contribution is 2.15. The predicted octanol–water partition coefficient (Wildman–Crippen LogP) is 2.01. The van der Waals surface area contributed by atoms with Crippen molar-refractivity contribution in [2.45, 2.75) is 33.3 Å². The van der Waals surface area contributed by atoms with Gasteiger partial charge in [-0.2, -0.15) is 0 Å². The lowest BCUT2D eigenvalue weighted by Gasteiger charge is -2.17. The topological polar surface area (TPSA) is 49.3 Å². The molecule has 2 N–H and O–H groups in total. The lowest BCUT2D eigenvalue weighted by atomic mass is 10.1. The van der Waals surface area contributed by atoms with Gasteiger partial charge in [0.2, 0.25) is 0 Å². The second-order valence-electron chi connectivity index (χ2n) is 4.31. The third-order valence-electron chi connectivity index (χ3n) is 2.32. The van der Waals surface area contributed by atoms with Gasteiger partial charge in [-0.3, -0.25) is 4.79 Å². The zero-order valence-electron chi connectivity index (χ0n) is 9.59. The minimum Gasteiger partial charge on any atom is -0.381 e. The van der Waals surface area contributed by atoms with Gasteiger partial charge in [-0.25, -0.2) is 0 Å². The van der Waals surface area contributed by atoms with Crippen LogP contribution in [0.2, 0.25) is 0 Å². The Morgan fingerprint density at radius 3 is 2.33 bits per heavy atom.